The number of nitrogens with zero attached hydrogens (tertiary/aromatic N) is 1. The van der Waals surface area contributed by atoms with Gasteiger partial charge in [-0.15, -0.1) is 0 Å². The molecule has 0 saturated carbocycles. The molecule has 5 heteroatoms. The summed E-state index contributed by atoms with van der Waals surface area (Å²) in [6, 6.07) is 5.02. The first-order chi connectivity index (χ1) is 8.99. The number of hydrogen-bond acceptors (Lipinski definition) is 4. The Morgan fingerprint density at radius 3 is 2.68 bits per heavy atom. The van der Waals surface area contributed by atoms with Gasteiger partial charge in [0.1, 0.15) is 5.76 Å². The molecule has 2 rings (SSSR count). The molecule has 0 spiro atoms. The van der Waals surface area contributed by atoms with Gasteiger partial charge in [-0.2, -0.15) is 0 Å². The number of nitrogens with one attached hydrogen (secondary N) is 1. The van der Waals surface area contributed by atoms with Crippen LogP contribution >= 0.6 is 0 Å². The van der Waals surface area contributed by atoms with Gasteiger partial charge in [0.25, 0.3) is 0 Å². The molecule has 0 atom stereocenters. The maximum atomic E-state index is 11.0. The van der Waals surface area contributed by atoms with E-state index in [1.54, 1.807) is 18.2 Å². The van der Waals surface area contributed by atoms with Crippen molar-refractivity contribution in [1.82, 2.24) is 5.16 Å². The number of carboxylic acid groups (broad SMARTS) is 1. The van der Waals surface area contributed by atoms with Gasteiger partial charge in [0.05, 0.1) is 11.3 Å². The molecule has 5 nitrogen and oxygen atoms in total. The lowest BCUT2D eigenvalue weighted by Gasteiger charge is -2.10. The van der Waals surface area contributed by atoms with E-state index in [9.17, 15) is 4.79 Å². The highest BCUT2D eigenvalue weighted by molar-refractivity contribution is 5.89. The molecular formula is C14H16N2O3. The molecule has 0 amide bonds. The van der Waals surface area contributed by atoms with E-state index >= 15 is 0 Å². The Balaban J connectivity index is 2.20. The first-order valence-corrected chi connectivity index (χ1v) is 5.98. The number of aryl methyl sites for hydroxylation is 3. The van der Waals surface area contributed by atoms with Crippen LogP contribution in [0.25, 0.3) is 0 Å². The van der Waals surface area contributed by atoms with Crippen LogP contribution in [-0.2, 0) is 6.54 Å². The van der Waals surface area contributed by atoms with Gasteiger partial charge in [-0.1, -0.05) is 11.2 Å². The van der Waals surface area contributed by atoms with Gasteiger partial charge < -0.3 is 14.9 Å². The molecule has 0 aliphatic carbocycles. The molecule has 0 radical (unpaired) electrons. The highest BCUT2D eigenvalue weighted by atomic mass is 16.5. The Morgan fingerprint density at radius 2 is 2.11 bits per heavy atom. The summed E-state index contributed by atoms with van der Waals surface area (Å²) >= 11 is 0. The lowest BCUT2D eigenvalue weighted by molar-refractivity contribution is 0.0697. The number of anilines is 1. The third kappa shape index (κ3) is 2.76. The summed E-state index contributed by atoms with van der Waals surface area (Å²) in [4.78, 5) is 11.0. The molecule has 2 aromatic rings. The van der Waals surface area contributed by atoms with Gasteiger partial charge in [-0.3, -0.25) is 0 Å². The van der Waals surface area contributed by atoms with Crippen LogP contribution in [0.3, 0.4) is 0 Å². The van der Waals surface area contributed by atoms with Crippen LogP contribution in [0.4, 0.5) is 5.69 Å². The quantitative estimate of drug-likeness (QED) is 0.884. The monoisotopic (exact) mass is 260 g/mol. The zero-order valence-corrected chi connectivity index (χ0v) is 11.2. The second-order valence-electron chi connectivity index (χ2n) is 4.49. The molecule has 0 unspecified atom stereocenters. The van der Waals surface area contributed by atoms with E-state index in [1.165, 1.54) is 0 Å². The number of rotatable bonds is 4. The zero-order valence-electron chi connectivity index (χ0n) is 11.2. The number of carbonyl (C=O) groups is 1. The van der Waals surface area contributed by atoms with Crippen molar-refractivity contribution in [2.45, 2.75) is 27.3 Å². The molecule has 0 aliphatic rings. The molecule has 0 fully saturated rings. The molecule has 0 bridgehead atoms. The third-order valence-electron chi connectivity index (χ3n) is 3.12. The number of aromatic carboxylic acids is 1. The Hall–Kier alpha value is -2.30. The van der Waals surface area contributed by atoms with Gasteiger partial charge in [-0.05, 0) is 38.5 Å². The van der Waals surface area contributed by atoms with Gasteiger partial charge >= 0.3 is 5.97 Å². The Labute approximate surface area is 111 Å². The minimum Gasteiger partial charge on any atom is -0.478 e. The smallest absolute Gasteiger partial charge is 0.335 e. The van der Waals surface area contributed by atoms with Crippen LogP contribution < -0.4 is 5.32 Å². The van der Waals surface area contributed by atoms with Gasteiger partial charge in [-0.25, -0.2) is 4.79 Å². The van der Waals surface area contributed by atoms with Crippen LogP contribution in [0.2, 0.25) is 0 Å². The standard InChI is InChI=1S/C14H16N2O3/c1-8-4-5-11(14(17)18)6-13(8)15-7-12-9(2)16-19-10(12)3/h4-6,15H,7H2,1-3H3,(H,17,18). The van der Waals surface area contributed by atoms with Crippen LogP contribution in [0.5, 0.6) is 0 Å². The second kappa shape index (κ2) is 5.14. The normalized spacial score (nSPS) is 10.5. The maximum absolute atomic E-state index is 11.0. The summed E-state index contributed by atoms with van der Waals surface area (Å²) in [5, 5.41) is 16.1. The highest BCUT2D eigenvalue weighted by Crippen LogP contribution is 2.20. The molecular weight excluding hydrogens is 244 g/mol. The number of carboxylic acids is 1. The van der Waals surface area contributed by atoms with Crippen molar-refractivity contribution in [3.63, 3.8) is 0 Å². The Bertz CT molecular complexity index is 598. The average molecular weight is 260 g/mol. The van der Waals surface area contributed by atoms with Crippen LogP contribution in [0, 0.1) is 20.8 Å². The van der Waals surface area contributed by atoms with E-state index in [0.717, 1.165) is 28.3 Å². The summed E-state index contributed by atoms with van der Waals surface area (Å²) in [5.41, 5.74) is 3.92. The molecule has 2 N–H and O–H groups in total. The fraction of sp³-hybridized carbons (Fsp3) is 0.286. The van der Waals surface area contributed by atoms with Gasteiger partial charge in [0.15, 0.2) is 0 Å². The van der Waals surface area contributed by atoms with Crippen molar-refractivity contribution >= 4 is 11.7 Å². The molecule has 1 heterocycles. The Morgan fingerprint density at radius 1 is 1.37 bits per heavy atom. The molecule has 19 heavy (non-hydrogen) atoms. The number of hydrogen-bond donors (Lipinski definition) is 2. The second-order valence-corrected chi connectivity index (χ2v) is 4.49. The molecule has 1 aromatic heterocycles. The molecule has 1 aromatic carbocycles. The van der Waals surface area contributed by atoms with E-state index in [-0.39, 0.29) is 5.56 Å². The average Bonchev–Trinajstić information content (AvgIpc) is 2.68. The van der Waals surface area contributed by atoms with E-state index in [4.69, 9.17) is 9.63 Å². The first-order valence-electron chi connectivity index (χ1n) is 5.98. The van der Waals surface area contributed by atoms with Gasteiger partial charge in [0, 0.05) is 17.8 Å². The number of benzene rings is 1. The fourth-order valence-corrected chi connectivity index (χ4v) is 1.88. The van der Waals surface area contributed by atoms with E-state index in [0.29, 0.717) is 6.54 Å². The largest absolute Gasteiger partial charge is 0.478 e. The SMILES string of the molecule is Cc1ccc(C(=O)O)cc1NCc1c(C)noc1C. The van der Waals surface area contributed by atoms with Crippen molar-refractivity contribution < 1.29 is 14.4 Å². The lowest BCUT2D eigenvalue weighted by Crippen LogP contribution is -2.05. The van der Waals surface area contributed by atoms with Crippen LogP contribution in [0.1, 0.15) is 32.9 Å². The predicted molar refractivity (Wildman–Crippen MR) is 71.4 cm³/mol. The highest BCUT2D eigenvalue weighted by Gasteiger charge is 2.10. The molecule has 0 aliphatic heterocycles. The summed E-state index contributed by atoms with van der Waals surface area (Å²) < 4.78 is 5.09. The van der Waals surface area contributed by atoms with E-state index in [1.807, 2.05) is 20.8 Å². The van der Waals surface area contributed by atoms with E-state index in [2.05, 4.69) is 10.5 Å². The zero-order chi connectivity index (χ0) is 14.0. The van der Waals surface area contributed by atoms with Crippen molar-refractivity contribution in [2.24, 2.45) is 0 Å². The summed E-state index contributed by atoms with van der Waals surface area (Å²) in [6.07, 6.45) is 0. The fourth-order valence-electron chi connectivity index (χ4n) is 1.88. The summed E-state index contributed by atoms with van der Waals surface area (Å²) in [7, 11) is 0. The molecule has 100 valence electrons. The van der Waals surface area contributed by atoms with Crippen molar-refractivity contribution in [2.75, 3.05) is 5.32 Å². The number of aromatic nitrogens is 1. The van der Waals surface area contributed by atoms with E-state index < -0.39 is 5.97 Å². The Kier molecular flexibility index (Phi) is 3.55. The van der Waals surface area contributed by atoms with Crippen molar-refractivity contribution in [3.05, 3.63) is 46.3 Å². The molecule has 0 saturated heterocycles. The van der Waals surface area contributed by atoms with Crippen molar-refractivity contribution in [1.29, 1.82) is 0 Å². The minimum absolute atomic E-state index is 0.270. The summed E-state index contributed by atoms with van der Waals surface area (Å²) in [5.74, 6) is -0.155. The van der Waals surface area contributed by atoms with Crippen LogP contribution in [-0.4, -0.2) is 16.2 Å². The maximum Gasteiger partial charge on any atom is 0.335 e. The van der Waals surface area contributed by atoms with Crippen LogP contribution in [0.15, 0.2) is 22.7 Å². The predicted octanol–water partition coefficient (Wildman–Crippen LogP) is 2.91. The lowest BCUT2D eigenvalue weighted by atomic mass is 10.1. The van der Waals surface area contributed by atoms with Gasteiger partial charge in [0.2, 0.25) is 0 Å². The topological polar surface area (TPSA) is 75.4 Å². The third-order valence-corrected chi connectivity index (χ3v) is 3.12. The summed E-state index contributed by atoms with van der Waals surface area (Å²) in [6.45, 7) is 6.23. The first kappa shape index (κ1) is 13.1. The minimum atomic E-state index is -0.930. The van der Waals surface area contributed by atoms with Crippen molar-refractivity contribution in [3.8, 4) is 0 Å².